The van der Waals surface area contributed by atoms with Gasteiger partial charge in [-0.3, -0.25) is 9.80 Å². The van der Waals surface area contributed by atoms with Gasteiger partial charge >= 0.3 is 6.18 Å². The first-order valence-electron chi connectivity index (χ1n) is 6.54. The molecule has 4 nitrogen and oxygen atoms in total. The topological polar surface area (TPSA) is 41.7 Å². The summed E-state index contributed by atoms with van der Waals surface area (Å²) in [6.07, 6.45) is -3.32. The van der Waals surface area contributed by atoms with E-state index in [1.807, 2.05) is 6.92 Å². The van der Waals surface area contributed by atoms with E-state index in [0.717, 1.165) is 6.42 Å². The molecule has 0 aromatic rings. The third kappa shape index (κ3) is 5.25. The van der Waals surface area contributed by atoms with Crippen molar-refractivity contribution in [3.05, 3.63) is 0 Å². The first-order valence-corrected chi connectivity index (χ1v) is 6.54. The molecule has 1 aliphatic heterocycles. The summed E-state index contributed by atoms with van der Waals surface area (Å²) in [5.74, 6) is 0. The van der Waals surface area contributed by atoms with E-state index in [1.54, 1.807) is 7.11 Å². The van der Waals surface area contributed by atoms with Gasteiger partial charge in [-0.1, -0.05) is 0 Å². The molecule has 1 unspecified atom stereocenters. The number of methoxy groups -OCH3 is 1. The summed E-state index contributed by atoms with van der Waals surface area (Å²) in [5.41, 5.74) is 5.63. The van der Waals surface area contributed by atoms with Crippen LogP contribution >= 0.6 is 0 Å². The SMILES string of the molecule is COCCC(C)(CN)N1CCN(CC(F)(F)F)CC1. The summed E-state index contributed by atoms with van der Waals surface area (Å²) in [6.45, 7) is 4.42. The number of halogens is 3. The number of nitrogens with zero attached hydrogens (tertiary/aromatic N) is 2. The standard InChI is InChI=1S/C12H24F3N3O/c1-11(9-16,3-8-19-2)18-6-4-17(5-7-18)10-12(13,14)15/h3-10,16H2,1-2H3. The van der Waals surface area contributed by atoms with Crippen LogP contribution in [0.25, 0.3) is 0 Å². The maximum absolute atomic E-state index is 12.3. The van der Waals surface area contributed by atoms with Crippen molar-refractivity contribution in [3.63, 3.8) is 0 Å². The smallest absolute Gasteiger partial charge is 0.385 e. The number of alkyl halides is 3. The first kappa shape index (κ1) is 16.7. The van der Waals surface area contributed by atoms with E-state index in [0.29, 0.717) is 39.3 Å². The van der Waals surface area contributed by atoms with Gasteiger partial charge in [0.05, 0.1) is 6.54 Å². The van der Waals surface area contributed by atoms with Gasteiger partial charge in [-0.15, -0.1) is 0 Å². The van der Waals surface area contributed by atoms with Crippen molar-refractivity contribution in [1.82, 2.24) is 9.80 Å². The van der Waals surface area contributed by atoms with E-state index in [-0.39, 0.29) is 5.54 Å². The van der Waals surface area contributed by atoms with E-state index in [1.165, 1.54) is 4.90 Å². The second kappa shape index (κ2) is 6.88. The largest absolute Gasteiger partial charge is 0.401 e. The second-order valence-corrected chi connectivity index (χ2v) is 5.32. The van der Waals surface area contributed by atoms with Gasteiger partial charge in [0.1, 0.15) is 0 Å². The maximum atomic E-state index is 12.3. The molecule has 1 rings (SSSR count). The fourth-order valence-electron chi connectivity index (χ4n) is 2.41. The lowest BCUT2D eigenvalue weighted by Gasteiger charge is -2.45. The molecule has 1 fully saturated rings. The first-order chi connectivity index (χ1) is 8.80. The number of hydrogen-bond donors (Lipinski definition) is 1. The van der Waals surface area contributed by atoms with Gasteiger partial charge in [0.25, 0.3) is 0 Å². The van der Waals surface area contributed by atoms with Crippen LogP contribution in [-0.2, 0) is 4.74 Å². The van der Waals surface area contributed by atoms with Crippen LogP contribution in [-0.4, -0.2) is 74.5 Å². The van der Waals surface area contributed by atoms with Crippen molar-refractivity contribution >= 4 is 0 Å². The fraction of sp³-hybridized carbons (Fsp3) is 1.00. The minimum absolute atomic E-state index is 0.194. The van der Waals surface area contributed by atoms with Gasteiger partial charge in [-0.25, -0.2) is 0 Å². The average molecular weight is 283 g/mol. The van der Waals surface area contributed by atoms with E-state index >= 15 is 0 Å². The van der Waals surface area contributed by atoms with Gasteiger partial charge in [-0.05, 0) is 13.3 Å². The number of piperazine rings is 1. The molecule has 0 bridgehead atoms. The van der Waals surface area contributed by atoms with E-state index < -0.39 is 12.7 Å². The molecule has 1 atom stereocenters. The highest BCUT2D eigenvalue weighted by Gasteiger charge is 2.36. The average Bonchev–Trinajstić information content (AvgIpc) is 2.35. The Kier molecular flexibility index (Phi) is 6.04. The molecule has 0 spiro atoms. The molecule has 0 saturated carbocycles. The highest BCUT2D eigenvalue weighted by atomic mass is 19.4. The monoisotopic (exact) mass is 283 g/mol. The Morgan fingerprint density at radius 3 is 2.16 bits per heavy atom. The van der Waals surface area contributed by atoms with Crippen LogP contribution in [0.3, 0.4) is 0 Å². The van der Waals surface area contributed by atoms with E-state index in [9.17, 15) is 13.2 Å². The van der Waals surface area contributed by atoms with Crippen molar-refractivity contribution in [2.75, 3.05) is 53.0 Å². The zero-order valence-electron chi connectivity index (χ0n) is 11.7. The minimum atomic E-state index is -4.12. The predicted octanol–water partition coefficient (Wildman–Crippen LogP) is 0.920. The zero-order chi connectivity index (χ0) is 14.5. The lowest BCUT2D eigenvalue weighted by atomic mass is 9.95. The third-order valence-electron chi connectivity index (χ3n) is 3.82. The molecule has 7 heteroatoms. The third-order valence-corrected chi connectivity index (χ3v) is 3.82. The quantitative estimate of drug-likeness (QED) is 0.787. The van der Waals surface area contributed by atoms with Crippen LogP contribution < -0.4 is 5.73 Å². The van der Waals surface area contributed by atoms with Crippen molar-refractivity contribution in [3.8, 4) is 0 Å². The number of hydrogen-bond acceptors (Lipinski definition) is 4. The van der Waals surface area contributed by atoms with E-state index in [2.05, 4.69) is 4.90 Å². The Labute approximate surface area is 112 Å². The molecule has 19 heavy (non-hydrogen) atoms. The Hall–Kier alpha value is -0.370. The maximum Gasteiger partial charge on any atom is 0.401 e. The van der Waals surface area contributed by atoms with E-state index in [4.69, 9.17) is 10.5 Å². The molecule has 2 N–H and O–H groups in total. The molecule has 0 radical (unpaired) electrons. The molecular weight excluding hydrogens is 259 g/mol. The van der Waals surface area contributed by atoms with Crippen LogP contribution in [0.4, 0.5) is 13.2 Å². The number of ether oxygens (including phenoxy) is 1. The molecule has 0 aromatic heterocycles. The molecule has 114 valence electrons. The number of nitrogens with two attached hydrogens (primary N) is 1. The molecular formula is C12H24F3N3O. The van der Waals surface area contributed by atoms with Crippen molar-refractivity contribution < 1.29 is 17.9 Å². The molecule has 1 heterocycles. The zero-order valence-corrected chi connectivity index (χ0v) is 11.7. The van der Waals surface area contributed by atoms with Gasteiger partial charge in [0.2, 0.25) is 0 Å². The molecule has 1 aliphatic rings. The predicted molar refractivity (Wildman–Crippen MR) is 68.0 cm³/mol. The van der Waals surface area contributed by atoms with Crippen LogP contribution in [0.15, 0.2) is 0 Å². The molecule has 0 aliphatic carbocycles. The van der Waals surface area contributed by atoms with Crippen LogP contribution in [0, 0.1) is 0 Å². The number of rotatable bonds is 6. The van der Waals surface area contributed by atoms with Crippen LogP contribution in [0.2, 0.25) is 0 Å². The summed E-state index contributed by atoms with van der Waals surface area (Å²) in [5, 5.41) is 0. The van der Waals surface area contributed by atoms with Crippen molar-refractivity contribution in [2.24, 2.45) is 5.73 Å². The van der Waals surface area contributed by atoms with Crippen LogP contribution in [0.1, 0.15) is 13.3 Å². The Morgan fingerprint density at radius 2 is 1.74 bits per heavy atom. The lowest BCUT2D eigenvalue weighted by molar-refractivity contribution is -0.151. The van der Waals surface area contributed by atoms with Gasteiger partial charge in [-0.2, -0.15) is 13.2 Å². The second-order valence-electron chi connectivity index (χ2n) is 5.32. The van der Waals surface area contributed by atoms with Crippen LogP contribution in [0.5, 0.6) is 0 Å². The van der Waals surface area contributed by atoms with Crippen molar-refractivity contribution in [2.45, 2.75) is 25.1 Å². The molecule has 0 amide bonds. The Bertz CT molecular complexity index is 267. The Morgan fingerprint density at radius 1 is 1.16 bits per heavy atom. The summed E-state index contributed by atoms with van der Waals surface area (Å²) >= 11 is 0. The van der Waals surface area contributed by atoms with Gasteiger partial charge in [0, 0.05) is 52.0 Å². The molecule has 1 saturated heterocycles. The highest BCUT2D eigenvalue weighted by molar-refractivity contribution is 4.90. The Balaban J connectivity index is 2.47. The highest BCUT2D eigenvalue weighted by Crippen LogP contribution is 2.22. The summed E-state index contributed by atoms with van der Waals surface area (Å²) in [4.78, 5) is 3.63. The lowest BCUT2D eigenvalue weighted by Crippen LogP contribution is -2.59. The normalized spacial score (nSPS) is 22.4. The summed E-state index contributed by atoms with van der Waals surface area (Å²) in [7, 11) is 1.64. The van der Waals surface area contributed by atoms with Crippen molar-refractivity contribution in [1.29, 1.82) is 0 Å². The van der Waals surface area contributed by atoms with Gasteiger partial charge in [0.15, 0.2) is 0 Å². The molecule has 0 aromatic carbocycles. The summed E-state index contributed by atoms with van der Waals surface area (Å²) < 4.78 is 42.0. The van der Waals surface area contributed by atoms with Gasteiger partial charge < -0.3 is 10.5 Å². The summed E-state index contributed by atoms with van der Waals surface area (Å²) in [6, 6.07) is 0. The minimum Gasteiger partial charge on any atom is -0.385 e. The fourth-order valence-corrected chi connectivity index (χ4v) is 2.41.